The molecule has 0 saturated heterocycles. The second-order valence-electron chi connectivity index (χ2n) is 7.68. The highest BCUT2D eigenvalue weighted by Crippen LogP contribution is 2.38. The summed E-state index contributed by atoms with van der Waals surface area (Å²) in [6.45, 7) is 0. The summed E-state index contributed by atoms with van der Waals surface area (Å²) in [6, 6.07) is 11.9. The minimum absolute atomic E-state index is 0.0137. The van der Waals surface area contributed by atoms with E-state index in [2.05, 4.69) is 0 Å². The largest absolute Gasteiger partial charge is 0.416 e. The van der Waals surface area contributed by atoms with Crippen molar-refractivity contribution in [3.05, 3.63) is 95.9 Å². The minimum Gasteiger partial charge on any atom is -0.384 e. The van der Waals surface area contributed by atoms with Crippen molar-refractivity contribution in [2.75, 3.05) is 0 Å². The van der Waals surface area contributed by atoms with Crippen LogP contribution < -0.4 is 20.5 Å². The van der Waals surface area contributed by atoms with E-state index in [0.29, 0.717) is 11.3 Å². The van der Waals surface area contributed by atoms with Gasteiger partial charge < -0.3 is 5.73 Å². The van der Waals surface area contributed by atoms with Crippen molar-refractivity contribution in [3.63, 3.8) is 0 Å². The third-order valence-electron chi connectivity index (χ3n) is 5.47. The molecule has 2 aromatic carbocycles. The van der Waals surface area contributed by atoms with Gasteiger partial charge in [0.2, 0.25) is 0 Å². The molecule has 1 aromatic heterocycles. The van der Waals surface area contributed by atoms with E-state index in [-0.39, 0.29) is 38.1 Å². The van der Waals surface area contributed by atoms with Crippen molar-refractivity contribution in [3.8, 4) is 12.1 Å². The van der Waals surface area contributed by atoms with Crippen LogP contribution in [0, 0.1) is 22.7 Å². The highest BCUT2D eigenvalue weighted by Gasteiger charge is 2.35. The summed E-state index contributed by atoms with van der Waals surface area (Å²) in [6.07, 6.45) is -8.17. The fourth-order valence-corrected chi connectivity index (χ4v) is 4.88. The summed E-state index contributed by atoms with van der Waals surface area (Å²) < 4.78 is 79.6. The molecule has 182 valence electrons. The molecule has 3 aromatic rings. The molecule has 1 aliphatic heterocycles. The van der Waals surface area contributed by atoms with Gasteiger partial charge in [0.25, 0.3) is 4.74 Å². The van der Waals surface area contributed by atoms with Crippen LogP contribution in [0.3, 0.4) is 0 Å². The second-order valence-corrected chi connectivity index (χ2v) is 8.64. The molecule has 0 spiro atoms. The number of hydrogen-bond acceptors (Lipinski definition) is 5. The molecule has 0 fully saturated rings. The average Bonchev–Trinajstić information content (AvgIpc) is 3.14. The van der Waals surface area contributed by atoms with Crippen LogP contribution in [0.15, 0.2) is 58.9 Å². The number of halogens is 6. The average molecular weight is 518 g/mol. The van der Waals surface area contributed by atoms with Crippen LogP contribution in [-0.4, -0.2) is 4.57 Å². The van der Waals surface area contributed by atoms with Crippen LogP contribution in [-0.2, 0) is 12.4 Å². The Balaban J connectivity index is 2.03. The summed E-state index contributed by atoms with van der Waals surface area (Å²) in [5, 5.41) is 19.5. The molecule has 0 bridgehead atoms. The number of aromatic nitrogens is 1. The van der Waals surface area contributed by atoms with Gasteiger partial charge in [0, 0.05) is 0 Å². The van der Waals surface area contributed by atoms with Gasteiger partial charge in [0.15, 0.2) is 0 Å². The normalized spacial score (nSPS) is 16.5. The third-order valence-corrected chi connectivity index (χ3v) is 6.46. The molecule has 12 heteroatoms. The summed E-state index contributed by atoms with van der Waals surface area (Å²) in [5.41, 5.74) is 3.74. The monoisotopic (exact) mass is 518 g/mol. The molecule has 36 heavy (non-hydrogen) atoms. The summed E-state index contributed by atoms with van der Waals surface area (Å²) in [4.78, 5) is 12.8. The van der Waals surface area contributed by atoms with Crippen LogP contribution in [0.4, 0.5) is 26.3 Å². The molecule has 2 heterocycles. The molecule has 0 aliphatic carbocycles. The quantitative estimate of drug-likeness (QED) is 0.521. The Hall–Kier alpha value is -4.29. The molecule has 0 amide bonds. The lowest BCUT2D eigenvalue weighted by atomic mass is 9.84. The summed E-state index contributed by atoms with van der Waals surface area (Å²) >= 11 is 0.552. The van der Waals surface area contributed by atoms with Crippen LogP contribution in [0.1, 0.15) is 28.2 Å². The highest BCUT2D eigenvalue weighted by atomic mass is 32.1. The van der Waals surface area contributed by atoms with E-state index >= 15 is 0 Å². The van der Waals surface area contributed by atoms with Crippen molar-refractivity contribution in [2.24, 2.45) is 5.73 Å². The van der Waals surface area contributed by atoms with Crippen LogP contribution in [0.25, 0.3) is 17.5 Å². The molecule has 0 radical (unpaired) electrons. The zero-order valence-electron chi connectivity index (χ0n) is 17.8. The number of hydrogen-bond donors (Lipinski definition) is 1. The first-order valence-electron chi connectivity index (χ1n) is 9.99. The molecule has 2 N–H and O–H groups in total. The second kappa shape index (κ2) is 8.73. The Morgan fingerprint density at radius 1 is 0.917 bits per heavy atom. The van der Waals surface area contributed by atoms with E-state index < -0.39 is 34.1 Å². The molecule has 4 rings (SSSR count). The highest BCUT2D eigenvalue weighted by molar-refractivity contribution is 7.07. The van der Waals surface area contributed by atoms with E-state index in [1.54, 1.807) is 0 Å². The van der Waals surface area contributed by atoms with Gasteiger partial charge in [0.1, 0.15) is 15.8 Å². The van der Waals surface area contributed by atoms with Crippen molar-refractivity contribution >= 4 is 28.8 Å². The maximum Gasteiger partial charge on any atom is 0.416 e. The van der Waals surface area contributed by atoms with E-state index in [1.807, 2.05) is 12.1 Å². The molecular formula is C24H12F6N4OS. The zero-order valence-corrected chi connectivity index (χ0v) is 18.6. The van der Waals surface area contributed by atoms with Gasteiger partial charge in [-0.05, 0) is 35.4 Å². The lowest BCUT2D eigenvalue weighted by molar-refractivity contribution is -0.138. The lowest BCUT2D eigenvalue weighted by Gasteiger charge is -2.23. The topological polar surface area (TPSA) is 95.6 Å². The number of fused-ring (bicyclic) bond motifs is 1. The number of thiazole rings is 1. The predicted molar refractivity (Wildman–Crippen MR) is 119 cm³/mol. The number of nitrogens with zero attached hydrogens (tertiary/aromatic N) is 3. The first kappa shape index (κ1) is 24.8. The van der Waals surface area contributed by atoms with Crippen LogP contribution in [0.5, 0.6) is 0 Å². The van der Waals surface area contributed by atoms with Gasteiger partial charge in [-0.3, -0.25) is 9.36 Å². The Labute approximate surface area is 202 Å². The molecule has 0 unspecified atom stereocenters. The molecular weight excluding hydrogens is 506 g/mol. The smallest absolute Gasteiger partial charge is 0.384 e. The van der Waals surface area contributed by atoms with E-state index in [0.717, 1.165) is 47.0 Å². The van der Waals surface area contributed by atoms with E-state index in [9.17, 15) is 41.7 Å². The van der Waals surface area contributed by atoms with Gasteiger partial charge >= 0.3 is 12.4 Å². The zero-order chi connectivity index (χ0) is 26.4. The van der Waals surface area contributed by atoms with Gasteiger partial charge in [-0.2, -0.15) is 36.9 Å². The predicted octanol–water partition coefficient (Wildman–Crippen LogP) is 3.90. The summed E-state index contributed by atoms with van der Waals surface area (Å²) in [5.74, 6) is -1.59. The number of benzene rings is 2. The van der Waals surface area contributed by atoms with Crippen LogP contribution >= 0.6 is 11.3 Å². The third kappa shape index (κ3) is 4.27. The molecule has 1 atom stereocenters. The maximum absolute atomic E-state index is 13.3. The Kier molecular flexibility index (Phi) is 6.02. The number of rotatable bonds is 2. The Morgan fingerprint density at radius 3 is 2.08 bits per heavy atom. The van der Waals surface area contributed by atoms with Crippen molar-refractivity contribution < 1.29 is 26.3 Å². The number of alkyl halides is 6. The van der Waals surface area contributed by atoms with E-state index in [4.69, 9.17) is 5.73 Å². The minimum atomic E-state index is -4.68. The fourth-order valence-electron chi connectivity index (χ4n) is 3.89. The van der Waals surface area contributed by atoms with Gasteiger partial charge in [0.05, 0.1) is 40.3 Å². The first-order valence-corrected chi connectivity index (χ1v) is 10.8. The Bertz CT molecular complexity index is 1680. The van der Waals surface area contributed by atoms with Gasteiger partial charge in [-0.15, -0.1) is 0 Å². The standard InChI is InChI=1S/C24H12F6N4OS/c25-23(26,27)14-5-1-3-12(7-14)8-18-22(35)36-21-17(11-32)19(16(10-31)20(33)34(18)21)13-4-2-6-15(9-13)24(28,29)30/h1-9,19H,33H2/b18-8-/t19-/m1/s1. The fraction of sp³-hybridized carbons (Fsp3) is 0.125. The molecule has 1 aliphatic rings. The van der Waals surface area contributed by atoms with Gasteiger partial charge in [-0.1, -0.05) is 41.7 Å². The molecule has 5 nitrogen and oxygen atoms in total. The maximum atomic E-state index is 13.3. The Morgan fingerprint density at radius 2 is 1.50 bits per heavy atom. The summed E-state index contributed by atoms with van der Waals surface area (Å²) in [7, 11) is 0. The molecule has 0 saturated carbocycles. The first-order chi connectivity index (χ1) is 16.9. The van der Waals surface area contributed by atoms with E-state index in [1.165, 1.54) is 12.1 Å². The van der Waals surface area contributed by atoms with Crippen molar-refractivity contribution in [1.29, 1.82) is 10.5 Å². The van der Waals surface area contributed by atoms with Crippen molar-refractivity contribution in [1.82, 2.24) is 4.57 Å². The SMILES string of the molecule is N#CC1=C(N)n2c(sc(=O)/c2=C/c2cccc(C(F)(F)F)c2)=C(C#N)[C@@H]1c1cccc(C(F)(F)F)c1. The van der Waals surface area contributed by atoms with Crippen molar-refractivity contribution in [2.45, 2.75) is 18.3 Å². The number of allylic oxidation sites excluding steroid dienone is 1. The van der Waals surface area contributed by atoms with Gasteiger partial charge in [-0.25, -0.2) is 0 Å². The number of nitrogens with two attached hydrogens (primary N) is 1. The lowest BCUT2D eigenvalue weighted by Crippen LogP contribution is -2.38. The number of nitriles is 2. The van der Waals surface area contributed by atoms with Crippen LogP contribution in [0.2, 0.25) is 0 Å².